The average Bonchev–Trinajstić information content (AvgIpc) is 2.58. The van der Waals surface area contributed by atoms with Crippen LogP contribution in [0.15, 0.2) is 65.8 Å². The van der Waals surface area contributed by atoms with Crippen LogP contribution in [0.5, 0.6) is 5.75 Å². The van der Waals surface area contributed by atoms with Gasteiger partial charge in [-0.15, -0.1) is 0 Å². The minimum absolute atomic E-state index is 0.190. The lowest BCUT2D eigenvalue weighted by Crippen LogP contribution is -2.25. The molecule has 0 aliphatic carbocycles. The molecule has 0 aromatic heterocycles. The van der Waals surface area contributed by atoms with Crippen molar-refractivity contribution in [1.82, 2.24) is 5.43 Å². The summed E-state index contributed by atoms with van der Waals surface area (Å²) in [4.78, 5) is 11.6. The van der Waals surface area contributed by atoms with Crippen LogP contribution in [-0.2, 0) is 4.79 Å². The zero-order valence-electron chi connectivity index (χ0n) is 12.7. The molecule has 0 aliphatic rings. The van der Waals surface area contributed by atoms with E-state index >= 15 is 0 Å². The molecule has 0 saturated heterocycles. The van der Waals surface area contributed by atoms with Gasteiger partial charge in [0.15, 0.2) is 6.61 Å². The molecule has 0 spiro atoms. The van der Waals surface area contributed by atoms with Crippen molar-refractivity contribution in [3.8, 4) is 5.75 Å². The Bertz CT molecular complexity index is 695. The predicted molar refractivity (Wildman–Crippen MR) is 88.6 cm³/mol. The molecular formula is C18H17FN2O2. The van der Waals surface area contributed by atoms with Gasteiger partial charge < -0.3 is 4.74 Å². The molecule has 2 aromatic carbocycles. The Hall–Kier alpha value is -2.95. The molecule has 0 bridgehead atoms. The van der Waals surface area contributed by atoms with Crippen molar-refractivity contribution in [2.24, 2.45) is 5.10 Å². The number of rotatable bonds is 6. The second-order valence-corrected chi connectivity index (χ2v) is 4.77. The number of benzene rings is 2. The van der Waals surface area contributed by atoms with Crippen LogP contribution < -0.4 is 10.2 Å². The van der Waals surface area contributed by atoms with Crippen LogP contribution in [0.3, 0.4) is 0 Å². The van der Waals surface area contributed by atoms with Gasteiger partial charge in [0.2, 0.25) is 0 Å². The molecule has 23 heavy (non-hydrogen) atoms. The maximum atomic E-state index is 12.7. The van der Waals surface area contributed by atoms with Crippen LogP contribution >= 0.6 is 0 Å². The van der Waals surface area contributed by atoms with E-state index in [1.165, 1.54) is 24.3 Å². The number of hydrogen-bond acceptors (Lipinski definition) is 3. The van der Waals surface area contributed by atoms with E-state index in [0.29, 0.717) is 11.5 Å². The van der Waals surface area contributed by atoms with Crippen molar-refractivity contribution < 1.29 is 13.9 Å². The molecule has 118 valence electrons. The lowest BCUT2D eigenvalue weighted by Gasteiger charge is -2.04. The van der Waals surface area contributed by atoms with Crippen molar-refractivity contribution in [2.45, 2.75) is 6.92 Å². The first-order valence-electron chi connectivity index (χ1n) is 7.08. The quantitative estimate of drug-likeness (QED) is 0.656. The van der Waals surface area contributed by atoms with Crippen LogP contribution in [0.2, 0.25) is 0 Å². The number of carbonyl (C=O) groups excluding carboxylic acids is 1. The Labute approximate surface area is 134 Å². The van der Waals surface area contributed by atoms with Crippen LogP contribution in [0.1, 0.15) is 12.5 Å². The number of nitrogens with one attached hydrogen (secondary N) is 1. The van der Waals surface area contributed by atoms with Crippen molar-refractivity contribution >= 4 is 17.7 Å². The predicted octanol–water partition coefficient (Wildman–Crippen LogP) is 3.41. The van der Waals surface area contributed by atoms with Gasteiger partial charge in [0.05, 0.1) is 5.71 Å². The summed E-state index contributed by atoms with van der Waals surface area (Å²) in [6, 6.07) is 15.2. The molecule has 2 aromatic rings. The third-order valence-electron chi connectivity index (χ3n) is 2.86. The van der Waals surface area contributed by atoms with Crippen LogP contribution in [0.25, 0.3) is 6.08 Å². The fourth-order valence-electron chi connectivity index (χ4n) is 1.68. The second-order valence-electron chi connectivity index (χ2n) is 4.77. The first-order chi connectivity index (χ1) is 11.1. The molecule has 1 N–H and O–H groups in total. The molecule has 0 heterocycles. The first kappa shape index (κ1) is 16.4. The summed E-state index contributed by atoms with van der Waals surface area (Å²) in [5.74, 6) is -0.319. The van der Waals surface area contributed by atoms with Gasteiger partial charge in [0.1, 0.15) is 11.6 Å². The Morgan fingerprint density at radius 1 is 1.17 bits per heavy atom. The third kappa shape index (κ3) is 6.13. The summed E-state index contributed by atoms with van der Waals surface area (Å²) in [6.07, 6.45) is 3.70. The zero-order chi connectivity index (χ0) is 16.5. The van der Waals surface area contributed by atoms with E-state index in [1.54, 1.807) is 13.0 Å². The van der Waals surface area contributed by atoms with Crippen molar-refractivity contribution in [3.63, 3.8) is 0 Å². The van der Waals surface area contributed by atoms with Gasteiger partial charge in [0.25, 0.3) is 5.91 Å². The molecule has 0 saturated carbocycles. The van der Waals surface area contributed by atoms with Gasteiger partial charge in [-0.2, -0.15) is 5.10 Å². The normalized spacial score (nSPS) is 11.5. The number of allylic oxidation sites excluding steroid dienone is 1. The lowest BCUT2D eigenvalue weighted by atomic mass is 10.2. The number of hydrazone groups is 1. The number of carbonyl (C=O) groups is 1. The Morgan fingerprint density at radius 2 is 1.87 bits per heavy atom. The lowest BCUT2D eigenvalue weighted by molar-refractivity contribution is -0.123. The van der Waals surface area contributed by atoms with Crippen LogP contribution in [0.4, 0.5) is 4.39 Å². The van der Waals surface area contributed by atoms with Crippen molar-refractivity contribution in [2.75, 3.05) is 6.61 Å². The van der Waals surface area contributed by atoms with Gasteiger partial charge in [-0.1, -0.05) is 36.4 Å². The van der Waals surface area contributed by atoms with Gasteiger partial charge in [0, 0.05) is 0 Å². The van der Waals surface area contributed by atoms with E-state index < -0.39 is 0 Å². The highest BCUT2D eigenvalue weighted by Crippen LogP contribution is 2.10. The number of nitrogens with zero attached hydrogens (tertiary/aromatic N) is 1. The maximum absolute atomic E-state index is 12.7. The molecule has 2 rings (SSSR count). The number of hydrogen-bond donors (Lipinski definition) is 1. The highest BCUT2D eigenvalue weighted by molar-refractivity contribution is 5.97. The SMILES string of the molecule is CC(C=Cc1ccccc1)=NNC(=O)COc1ccc(F)cc1. The maximum Gasteiger partial charge on any atom is 0.277 e. The minimum Gasteiger partial charge on any atom is -0.484 e. The van der Waals surface area contributed by atoms with E-state index in [1.807, 2.05) is 36.4 Å². The van der Waals surface area contributed by atoms with Gasteiger partial charge in [-0.3, -0.25) is 4.79 Å². The van der Waals surface area contributed by atoms with Crippen molar-refractivity contribution in [1.29, 1.82) is 0 Å². The Morgan fingerprint density at radius 3 is 2.57 bits per heavy atom. The van der Waals surface area contributed by atoms with Gasteiger partial charge in [-0.05, 0) is 42.8 Å². The molecule has 0 aliphatic heterocycles. The van der Waals surface area contributed by atoms with E-state index in [9.17, 15) is 9.18 Å². The van der Waals surface area contributed by atoms with Crippen LogP contribution in [-0.4, -0.2) is 18.2 Å². The smallest absolute Gasteiger partial charge is 0.277 e. The Kier molecular flexibility index (Phi) is 6.06. The van der Waals surface area contributed by atoms with E-state index in [0.717, 1.165) is 5.56 Å². The highest BCUT2D eigenvalue weighted by atomic mass is 19.1. The summed E-state index contributed by atoms with van der Waals surface area (Å²) in [7, 11) is 0. The number of ether oxygens (including phenoxy) is 1. The van der Waals surface area contributed by atoms with E-state index in [-0.39, 0.29) is 18.3 Å². The van der Waals surface area contributed by atoms with Gasteiger partial charge in [-0.25, -0.2) is 9.82 Å². The molecule has 0 fully saturated rings. The summed E-state index contributed by atoms with van der Waals surface area (Å²) in [6.45, 7) is 1.59. The van der Waals surface area contributed by atoms with Crippen molar-refractivity contribution in [3.05, 3.63) is 72.1 Å². The summed E-state index contributed by atoms with van der Waals surface area (Å²) in [5, 5.41) is 3.96. The molecular weight excluding hydrogens is 295 g/mol. The fraction of sp³-hybridized carbons (Fsp3) is 0.111. The molecule has 4 nitrogen and oxygen atoms in total. The summed E-state index contributed by atoms with van der Waals surface area (Å²) >= 11 is 0. The molecule has 1 amide bonds. The number of amides is 1. The molecule has 0 unspecified atom stereocenters. The van der Waals surface area contributed by atoms with Gasteiger partial charge >= 0.3 is 0 Å². The minimum atomic E-state index is -0.387. The molecule has 0 atom stereocenters. The zero-order valence-corrected chi connectivity index (χ0v) is 12.7. The van der Waals surface area contributed by atoms with E-state index in [2.05, 4.69) is 10.5 Å². The molecule has 5 heteroatoms. The second kappa shape index (κ2) is 8.48. The first-order valence-corrected chi connectivity index (χ1v) is 7.08. The number of halogens is 1. The monoisotopic (exact) mass is 312 g/mol. The van der Waals surface area contributed by atoms with E-state index in [4.69, 9.17) is 4.74 Å². The highest BCUT2D eigenvalue weighted by Gasteiger charge is 2.01. The summed E-state index contributed by atoms with van der Waals surface area (Å²) in [5.41, 5.74) is 4.10. The van der Waals surface area contributed by atoms with Crippen LogP contribution in [0, 0.1) is 5.82 Å². The topological polar surface area (TPSA) is 50.7 Å². The Balaban J connectivity index is 1.78. The fourth-order valence-corrected chi connectivity index (χ4v) is 1.68. The standard InChI is InChI=1S/C18H17FN2O2/c1-14(7-8-15-5-3-2-4-6-15)20-21-18(22)13-23-17-11-9-16(19)10-12-17/h2-12H,13H2,1H3,(H,21,22). The average molecular weight is 312 g/mol. The largest absolute Gasteiger partial charge is 0.484 e. The molecule has 0 radical (unpaired) electrons. The summed E-state index contributed by atoms with van der Waals surface area (Å²) < 4.78 is 17.9. The third-order valence-corrected chi connectivity index (χ3v) is 2.86.